The molecule has 0 amide bonds. The van der Waals surface area contributed by atoms with Gasteiger partial charge in [0.15, 0.2) is 0 Å². The van der Waals surface area contributed by atoms with Crippen LogP contribution in [-0.2, 0) is 65.4 Å². The summed E-state index contributed by atoms with van der Waals surface area (Å²) in [5.74, 6) is 0. The van der Waals surface area contributed by atoms with Gasteiger partial charge in [-0.15, -0.1) is 0 Å². The van der Waals surface area contributed by atoms with Gasteiger partial charge in [0.2, 0.25) is 0 Å². The standard InChI is InChI=1S/2C2H5.6CH4.CH3.2Y/c2*1-2;;;;;;;;;/h2*1H2,2H3;6*1H4;1H3;;/q2*-1;;;;;;;-1;;. The predicted octanol–water partition coefficient (Wildman–Crippen LogP) is 5.94. The summed E-state index contributed by atoms with van der Waals surface area (Å²) in [4.78, 5) is 0. The van der Waals surface area contributed by atoms with E-state index in [9.17, 15) is 0 Å². The van der Waals surface area contributed by atoms with E-state index in [0.717, 1.165) is 0 Å². The van der Waals surface area contributed by atoms with Crippen molar-refractivity contribution in [2.45, 2.75) is 58.4 Å². The molecule has 2 heteroatoms. The van der Waals surface area contributed by atoms with Crippen molar-refractivity contribution in [3.05, 3.63) is 21.3 Å². The van der Waals surface area contributed by atoms with Gasteiger partial charge in [-0.1, -0.05) is 44.6 Å². The predicted molar refractivity (Wildman–Crippen MR) is 68.9 cm³/mol. The molecule has 0 unspecified atom stereocenters. The first-order valence-corrected chi connectivity index (χ1v) is 1.41. The Morgan fingerprint density at radius 1 is 0.462 bits per heavy atom. The van der Waals surface area contributed by atoms with E-state index < -0.39 is 0 Å². The summed E-state index contributed by atoms with van der Waals surface area (Å²) in [6.07, 6.45) is 0. The maximum absolute atomic E-state index is 3.25. The van der Waals surface area contributed by atoms with Gasteiger partial charge in [0, 0.05) is 65.4 Å². The Hall–Kier alpha value is 2.21. The Morgan fingerprint density at radius 2 is 0.462 bits per heavy atom. The van der Waals surface area contributed by atoms with Crippen LogP contribution in [0.4, 0.5) is 0 Å². The van der Waals surface area contributed by atoms with Gasteiger partial charge in [-0.3, -0.25) is 0 Å². The van der Waals surface area contributed by atoms with Crippen LogP contribution < -0.4 is 0 Å². The Labute approximate surface area is 143 Å². The molecule has 0 aliphatic carbocycles. The average molecular weight is 347 g/mol. The van der Waals surface area contributed by atoms with Crippen molar-refractivity contribution >= 4 is 0 Å². The van der Waals surface area contributed by atoms with Crippen molar-refractivity contribution in [3.63, 3.8) is 0 Å². The zero-order valence-electron chi connectivity index (χ0n) is 5.57. The molecule has 0 aromatic rings. The van der Waals surface area contributed by atoms with Crippen LogP contribution in [0.3, 0.4) is 0 Å². The van der Waals surface area contributed by atoms with Crippen LogP contribution in [0.25, 0.3) is 0 Å². The molecule has 0 aliphatic rings. The van der Waals surface area contributed by atoms with Crippen LogP contribution in [0, 0.1) is 21.3 Å². The van der Waals surface area contributed by atoms with Crippen LogP contribution in [0.5, 0.6) is 0 Å². The van der Waals surface area contributed by atoms with Crippen molar-refractivity contribution < 1.29 is 65.4 Å². The van der Waals surface area contributed by atoms with E-state index in [4.69, 9.17) is 0 Å². The molecule has 0 heterocycles. The van der Waals surface area contributed by atoms with E-state index in [0.29, 0.717) is 0 Å². The number of hydrogen-bond acceptors (Lipinski definition) is 0. The third-order valence-electron chi connectivity index (χ3n) is 0. The maximum atomic E-state index is 3.25. The van der Waals surface area contributed by atoms with Crippen molar-refractivity contribution in [1.82, 2.24) is 0 Å². The first-order chi connectivity index (χ1) is 2.00. The summed E-state index contributed by atoms with van der Waals surface area (Å²) in [6.45, 7) is 10.0. The minimum atomic E-state index is 0. The third-order valence-corrected chi connectivity index (χ3v) is 0. The smallest absolute Gasteiger partial charge is 0 e. The minimum absolute atomic E-state index is 0. The molecule has 90 valence electrons. The second-order valence-electron chi connectivity index (χ2n) is 0. The molecule has 0 spiro atoms. The fraction of sp³-hybridized carbons (Fsp3) is 0.727. The second-order valence-corrected chi connectivity index (χ2v) is 0. The normalized spacial score (nSPS) is 0.923. The summed E-state index contributed by atoms with van der Waals surface area (Å²) in [5.41, 5.74) is 0. The van der Waals surface area contributed by atoms with Crippen LogP contribution >= 0.6 is 0 Å². The van der Waals surface area contributed by atoms with Gasteiger partial charge in [-0.05, 0) is 0 Å². The molecular weight excluding hydrogens is 310 g/mol. The van der Waals surface area contributed by atoms with Gasteiger partial charge < -0.3 is 21.3 Å². The summed E-state index contributed by atoms with van der Waals surface area (Å²) >= 11 is 0. The molecule has 0 aromatic heterocycles. The van der Waals surface area contributed by atoms with Crippen LogP contribution in [0.2, 0.25) is 0 Å². The van der Waals surface area contributed by atoms with E-state index in [1.54, 1.807) is 13.8 Å². The molecule has 0 fully saturated rings. The van der Waals surface area contributed by atoms with Gasteiger partial charge in [-0.25, -0.2) is 0 Å². The minimum Gasteiger partial charge on any atom is -0.358 e. The van der Waals surface area contributed by atoms with Crippen molar-refractivity contribution in [1.29, 1.82) is 0 Å². The zero-order valence-corrected chi connectivity index (χ0v) is 11.2. The molecule has 13 heavy (non-hydrogen) atoms. The first-order valence-electron chi connectivity index (χ1n) is 1.41. The van der Waals surface area contributed by atoms with Gasteiger partial charge in [-0.2, -0.15) is 13.8 Å². The SMILES string of the molecule is C.C.C.C.C.C.[CH2-]C.[CH2-]C.[CH3-].[Y].[Y]. The van der Waals surface area contributed by atoms with Crippen molar-refractivity contribution in [2.24, 2.45) is 0 Å². The molecule has 0 N–H and O–H groups in total. The van der Waals surface area contributed by atoms with E-state index in [1.165, 1.54) is 0 Å². The molecule has 0 rings (SSSR count). The van der Waals surface area contributed by atoms with Crippen LogP contribution in [0.15, 0.2) is 0 Å². The second kappa shape index (κ2) is 508. The molecular formula is C11H37Y2-3. The molecule has 0 aliphatic heterocycles. The monoisotopic (exact) mass is 347 g/mol. The Balaban J connectivity index is -0.000000000404. The first kappa shape index (κ1) is 173. The molecule has 0 bridgehead atoms. The molecule has 0 nitrogen and oxygen atoms in total. The molecule has 0 saturated heterocycles. The number of hydrogen-bond donors (Lipinski definition) is 0. The Kier molecular flexibility index (Phi) is 6780. The Morgan fingerprint density at radius 3 is 0.462 bits per heavy atom. The summed E-state index contributed by atoms with van der Waals surface area (Å²) in [6, 6.07) is 0. The fourth-order valence-electron chi connectivity index (χ4n) is 0. The summed E-state index contributed by atoms with van der Waals surface area (Å²) in [7, 11) is 0. The van der Waals surface area contributed by atoms with Crippen molar-refractivity contribution in [2.75, 3.05) is 0 Å². The summed E-state index contributed by atoms with van der Waals surface area (Å²) in [5, 5.41) is 0. The topological polar surface area (TPSA) is 0 Å². The van der Waals surface area contributed by atoms with Crippen molar-refractivity contribution in [3.8, 4) is 0 Å². The third kappa shape index (κ3) is 434. The molecule has 0 aromatic carbocycles. The largest absolute Gasteiger partial charge is 0.358 e. The fourth-order valence-corrected chi connectivity index (χ4v) is 0. The zero-order chi connectivity index (χ0) is 4.00. The Bertz CT molecular complexity index is 8.05. The van der Waals surface area contributed by atoms with Crippen LogP contribution in [-0.4, -0.2) is 0 Å². The van der Waals surface area contributed by atoms with Gasteiger partial charge in [0.25, 0.3) is 0 Å². The molecule has 0 atom stereocenters. The van der Waals surface area contributed by atoms with E-state index in [-0.39, 0.29) is 117 Å². The van der Waals surface area contributed by atoms with Crippen LogP contribution in [0.1, 0.15) is 58.4 Å². The van der Waals surface area contributed by atoms with E-state index >= 15 is 0 Å². The summed E-state index contributed by atoms with van der Waals surface area (Å²) < 4.78 is 0. The van der Waals surface area contributed by atoms with E-state index in [2.05, 4.69) is 13.8 Å². The molecule has 0 saturated carbocycles. The van der Waals surface area contributed by atoms with Gasteiger partial charge in [0.1, 0.15) is 0 Å². The van der Waals surface area contributed by atoms with Gasteiger partial charge >= 0.3 is 0 Å². The maximum Gasteiger partial charge on any atom is 0 e. The molecule has 2 radical (unpaired) electrons. The number of rotatable bonds is 0. The van der Waals surface area contributed by atoms with Gasteiger partial charge in [0.05, 0.1) is 0 Å². The average Bonchev–Trinajstić information content (AvgIpc) is 1.50. The quantitative estimate of drug-likeness (QED) is 0.476. The van der Waals surface area contributed by atoms with E-state index in [1.807, 2.05) is 0 Å².